The van der Waals surface area contributed by atoms with E-state index in [0.717, 1.165) is 22.2 Å². The van der Waals surface area contributed by atoms with Crippen molar-refractivity contribution in [1.29, 1.82) is 0 Å². The van der Waals surface area contributed by atoms with E-state index in [4.69, 9.17) is 9.72 Å². The number of pyridine rings is 1. The minimum absolute atomic E-state index is 0.167. The summed E-state index contributed by atoms with van der Waals surface area (Å²) in [4.78, 5) is 34.5. The van der Waals surface area contributed by atoms with E-state index < -0.39 is 17.7 Å². The third kappa shape index (κ3) is 7.76. The van der Waals surface area contributed by atoms with E-state index in [-0.39, 0.29) is 5.91 Å². The molecule has 0 bridgehead atoms. The van der Waals surface area contributed by atoms with Gasteiger partial charge in [-0.3, -0.25) is 9.78 Å². The zero-order valence-electron chi connectivity index (χ0n) is 21.9. The monoisotopic (exact) mass is 531 g/mol. The highest BCUT2D eigenvalue weighted by Gasteiger charge is 2.21. The molecule has 0 radical (unpaired) electrons. The number of unbranched alkanes of at least 4 members (excludes halogenated alkanes) is 1. The third-order valence-corrected chi connectivity index (χ3v) is 6.44. The smallest absolute Gasteiger partial charge is 0.407 e. The molecule has 0 saturated heterocycles. The highest BCUT2D eigenvalue weighted by Crippen LogP contribution is 2.26. The molecule has 8 nitrogen and oxygen atoms in total. The predicted octanol–water partition coefficient (Wildman–Crippen LogP) is 6.47. The summed E-state index contributed by atoms with van der Waals surface area (Å²) in [6.07, 6.45) is 3.25. The molecule has 2 heterocycles. The number of amides is 2. The van der Waals surface area contributed by atoms with Gasteiger partial charge in [0.25, 0.3) is 0 Å². The van der Waals surface area contributed by atoms with E-state index >= 15 is 0 Å². The Morgan fingerprint density at radius 1 is 1.00 bits per heavy atom. The molecule has 2 aromatic carbocycles. The molecule has 4 aromatic rings. The summed E-state index contributed by atoms with van der Waals surface area (Å²) < 4.78 is 5.28. The summed E-state index contributed by atoms with van der Waals surface area (Å²) in [6.45, 7) is 5.95. The maximum atomic E-state index is 13.5. The number of aromatic nitrogens is 2. The van der Waals surface area contributed by atoms with Gasteiger partial charge in [-0.2, -0.15) is 0 Å². The minimum Gasteiger partial charge on any atom is -0.444 e. The second-order valence-corrected chi connectivity index (χ2v) is 10.8. The minimum atomic E-state index is -0.542. The quantitative estimate of drug-likeness (QED) is 0.203. The molecule has 3 N–H and O–H groups in total. The van der Waals surface area contributed by atoms with Crippen molar-refractivity contribution in [2.24, 2.45) is 0 Å². The molecule has 0 spiro atoms. The summed E-state index contributed by atoms with van der Waals surface area (Å²) >= 11 is 1.46. The van der Waals surface area contributed by atoms with Crippen LogP contribution in [-0.2, 0) is 9.53 Å². The van der Waals surface area contributed by atoms with E-state index in [1.165, 1.54) is 11.3 Å². The first-order valence-corrected chi connectivity index (χ1v) is 13.6. The Morgan fingerprint density at radius 2 is 1.79 bits per heavy atom. The molecular formula is C29H33N5O3S. The molecule has 0 aliphatic heterocycles. The van der Waals surface area contributed by atoms with Gasteiger partial charge in [0, 0.05) is 29.1 Å². The largest absolute Gasteiger partial charge is 0.444 e. The average Bonchev–Trinajstić information content (AvgIpc) is 3.36. The van der Waals surface area contributed by atoms with Crippen LogP contribution >= 0.6 is 11.3 Å². The molecule has 0 aliphatic carbocycles. The van der Waals surface area contributed by atoms with Crippen molar-refractivity contribution in [3.05, 3.63) is 72.2 Å². The number of alkyl carbamates (subject to hydrolysis) is 1. The highest BCUT2D eigenvalue weighted by molar-refractivity contribution is 7.14. The van der Waals surface area contributed by atoms with Crippen molar-refractivity contribution in [2.75, 3.05) is 17.2 Å². The normalized spacial score (nSPS) is 12.1. The number of benzene rings is 2. The maximum Gasteiger partial charge on any atom is 0.407 e. The first kappa shape index (κ1) is 27.1. The molecule has 0 unspecified atom stereocenters. The first-order chi connectivity index (χ1) is 18.3. The lowest BCUT2D eigenvalue weighted by atomic mass is 10.1. The number of anilines is 2. The van der Waals surface area contributed by atoms with Crippen molar-refractivity contribution in [3.8, 4) is 11.3 Å². The van der Waals surface area contributed by atoms with E-state index in [1.807, 2.05) is 86.8 Å². The van der Waals surface area contributed by atoms with Gasteiger partial charge in [0.15, 0.2) is 5.13 Å². The molecule has 2 amide bonds. The number of hydrogen-bond donors (Lipinski definition) is 3. The molecule has 0 saturated carbocycles. The second-order valence-electron chi connectivity index (χ2n) is 9.90. The van der Waals surface area contributed by atoms with Crippen LogP contribution in [0, 0.1) is 0 Å². The molecule has 9 heteroatoms. The molecule has 4 rings (SSSR count). The maximum absolute atomic E-state index is 13.5. The number of fused-ring (bicyclic) bond motifs is 1. The lowest BCUT2D eigenvalue weighted by Crippen LogP contribution is -2.35. The van der Waals surface area contributed by atoms with Crippen LogP contribution in [0.2, 0.25) is 0 Å². The second kappa shape index (κ2) is 12.5. The van der Waals surface area contributed by atoms with Crippen molar-refractivity contribution in [2.45, 2.75) is 51.7 Å². The Labute approximate surface area is 226 Å². The fourth-order valence-electron chi connectivity index (χ4n) is 3.90. The third-order valence-electron chi connectivity index (χ3n) is 5.67. The van der Waals surface area contributed by atoms with E-state index in [1.54, 1.807) is 6.20 Å². The lowest BCUT2D eigenvalue weighted by Gasteiger charge is -2.20. The van der Waals surface area contributed by atoms with Crippen molar-refractivity contribution >= 4 is 45.1 Å². The molecule has 0 aliphatic rings. The van der Waals surface area contributed by atoms with Gasteiger partial charge in [0.05, 0.1) is 16.9 Å². The summed E-state index contributed by atoms with van der Waals surface area (Å²) in [6, 6.07) is 19.0. The summed E-state index contributed by atoms with van der Waals surface area (Å²) in [5.41, 5.74) is 2.74. The summed E-state index contributed by atoms with van der Waals surface area (Å²) in [7, 11) is 0. The Morgan fingerprint density at radius 3 is 2.58 bits per heavy atom. The van der Waals surface area contributed by atoms with Gasteiger partial charge < -0.3 is 20.7 Å². The Balaban J connectivity index is 1.42. The van der Waals surface area contributed by atoms with Crippen LogP contribution in [0.15, 0.2) is 72.2 Å². The molecule has 0 fully saturated rings. The Bertz CT molecular complexity index is 1360. The van der Waals surface area contributed by atoms with Gasteiger partial charge >= 0.3 is 6.09 Å². The Kier molecular flexibility index (Phi) is 8.91. The van der Waals surface area contributed by atoms with Gasteiger partial charge in [-0.25, -0.2) is 9.78 Å². The lowest BCUT2D eigenvalue weighted by molar-refractivity contribution is -0.117. The number of para-hydroxylation sites is 1. The number of carbonyl (C=O) groups excluding carboxylic acids is 2. The van der Waals surface area contributed by atoms with Crippen LogP contribution in [0.5, 0.6) is 0 Å². The number of ether oxygens (including phenoxy) is 1. The van der Waals surface area contributed by atoms with Crippen LogP contribution in [0.1, 0.15) is 40.0 Å². The van der Waals surface area contributed by atoms with Crippen molar-refractivity contribution < 1.29 is 14.3 Å². The molecule has 198 valence electrons. The van der Waals surface area contributed by atoms with Crippen LogP contribution in [0.3, 0.4) is 0 Å². The van der Waals surface area contributed by atoms with Crippen LogP contribution in [-0.4, -0.2) is 40.2 Å². The van der Waals surface area contributed by atoms with Gasteiger partial charge in [-0.15, -0.1) is 11.3 Å². The summed E-state index contributed by atoms with van der Waals surface area (Å²) in [5, 5.41) is 12.8. The molecule has 1 atom stereocenters. The van der Waals surface area contributed by atoms with Crippen LogP contribution < -0.4 is 16.0 Å². The van der Waals surface area contributed by atoms with Crippen LogP contribution in [0.25, 0.3) is 22.2 Å². The van der Waals surface area contributed by atoms with E-state index in [9.17, 15) is 9.59 Å². The fourth-order valence-corrected chi connectivity index (χ4v) is 4.68. The standard InChI is InChI=1S/C29H33N5O3S/c1-29(2,3)37-28(36)31-17-8-7-15-23(33-27-34-24(19-38-27)20-11-5-4-6-12-20)26(35)32-22-16-9-13-21-14-10-18-30-25(21)22/h4-6,9-14,16,18-19,23H,7-8,15,17H2,1-3H3,(H,31,36)(H,32,35)(H,33,34)/t23-/m0/s1. The Hall–Kier alpha value is -3.98. The van der Waals surface area contributed by atoms with Crippen molar-refractivity contribution in [1.82, 2.24) is 15.3 Å². The number of thiazole rings is 1. The van der Waals surface area contributed by atoms with Gasteiger partial charge in [0.2, 0.25) is 5.91 Å². The fraction of sp³-hybridized carbons (Fsp3) is 0.310. The van der Waals surface area contributed by atoms with Gasteiger partial charge in [0.1, 0.15) is 11.6 Å². The first-order valence-electron chi connectivity index (χ1n) is 12.7. The van der Waals surface area contributed by atoms with Crippen molar-refractivity contribution in [3.63, 3.8) is 0 Å². The SMILES string of the molecule is CC(C)(C)OC(=O)NCCCC[C@H](Nc1nc(-c2ccccc2)cs1)C(=O)Nc1cccc2cccnc12. The topological polar surface area (TPSA) is 105 Å². The molecule has 38 heavy (non-hydrogen) atoms. The molecule has 2 aromatic heterocycles. The number of hydrogen-bond acceptors (Lipinski definition) is 7. The number of nitrogens with one attached hydrogen (secondary N) is 3. The van der Waals surface area contributed by atoms with Crippen LogP contribution in [0.4, 0.5) is 15.6 Å². The number of rotatable bonds is 10. The average molecular weight is 532 g/mol. The van der Waals surface area contributed by atoms with E-state index in [0.29, 0.717) is 36.6 Å². The zero-order chi connectivity index (χ0) is 27.0. The summed E-state index contributed by atoms with van der Waals surface area (Å²) in [5.74, 6) is -0.167. The zero-order valence-corrected chi connectivity index (χ0v) is 22.7. The number of carbonyl (C=O) groups is 2. The highest BCUT2D eigenvalue weighted by atomic mass is 32.1. The van der Waals surface area contributed by atoms with Gasteiger partial charge in [-0.1, -0.05) is 48.5 Å². The van der Waals surface area contributed by atoms with Gasteiger partial charge in [-0.05, 0) is 52.2 Å². The predicted molar refractivity (Wildman–Crippen MR) is 153 cm³/mol. The van der Waals surface area contributed by atoms with E-state index in [2.05, 4.69) is 20.9 Å². The molecular weight excluding hydrogens is 498 g/mol. The number of nitrogens with zero attached hydrogens (tertiary/aromatic N) is 2.